The minimum atomic E-state index is -0.852. The van der Waals surface area contributed by atoms with E-state index in [1.165, 1.54) is 6.07 Å². The highest BCUT2D eigenvalue weighted by atomic mass is 19.1. The van der Waals surface area contributed by atoms with Gasteiger partial charge in [-0.3, -0.25) is 9.59 Å². The summed E-state index contributed by atoms with van der Waals surface area (Å²) in [5, 5.41) is 2.40. The van der Waals surface area contributed by atoms with E-state index in [4.69, 9.17) is 0 Å². The van der Waals surface area contributed by atoms with E-state index >= 15 is 0 Å². The van der Waals surface area contributed by atoms with Gasteiger partial charge in [-0.25, -0.2) is 8.78 Å². The van der Waals surface area contributed by atoms with E-state index in [-0.39, 0.29) is 17.2 Å². The summed E-state index contributed by atoms with van der Waals surface area (Å²) in [4.78, 5) is 26.8. The van der Waals surface area contributed by atoms with Crippen LogP contribution in [-0.4, -0.2) is 29.8 Å². The van der Waals surface area contributed by atoms with Gasteiger partial charge >= 0.3 is 0 Å². The lowest BCUT2D eigenvalue weighted by atomic mass is 10.1. The van der Waals surface area contributed by atoms with Gasteiger partial charge < -0.3 is 10.2 Å². The second-order valence-corrected chi connectivity index (χ2v) is 6.37. The smallest absolute Gasteiger partial charge is 0.255 e. The largest absolute Gasteiger partial charge is 0.339 e. The Morgan fingerprint density at radius 3 is 2.27 bits per heavy atom. The van der Waals surface area contributed by atoms with E-state index in [0.717, 1.165) is 50.9 Å². The fraction of sp³-hybridized carbons (Fsp3) is 0.300. The molecule has 0 bridgehead atoms. The molecule has 0 unspecified atom stereocenters. The zero-order chi connectivity index (χ0) is 18.5. The fourth-order valence-electron chi connectivity index (χ4n) is 3.04. The van der Waals surface area contributed by atoms with Crippen molar-refractivity contribution in [3.63, 3.8) is 0 Å². The molecule has 1 aliphatic rings. The normalized spacial score (nSPS) is 14.6. The molecule has 1 fully saturated rings. The summed E-state index contributed by atoms with van der Waals surface area (Å²) in [7, 11) is 0. The maximum Gasteiger partial charge on any atom is 0.255 e. The van der Waals surface area contributed by atoms with Crippen molar-refractivity contribution in [2.45, 2.75) is 25.7 Å². The number of hydrogen-bond donors (Lipinski definition) is 1. The summed E-state index contributed by atoms with van der Waals surface area (Å²) in [5.74, 6) is -2.23. The van der Waals surface area contributed by atoms with Crippen molar-refractivity contribution in [1.82, 2.24) is 4.90 Å². The quantitative estimate of drug-likeness (QED) is 0.892. The first-order valence-corrected chi connectivity index (χ1v) is 8.70. The van der Waals surface area contributed by atoms with Crippen LogP contribution in [0.4, 0.5) is 14.5 Å². The molecule has 26 heavy (non-hydrogen) atoms. The summed E-state index contributed by atoms with van der Waals surface area (Å²) in [6, 6.07) is 9.28. The number of benzene rings is 2. The number of hydrogen-bond acceptors (Lipinski definition) is 2. The zero-order valence-corrected chi connectivity index (χ0v) is 14.3. The number of carbonyl (C=O) groups excluding carboxylic acids is 2. The summed E-state index contributed by atoms with van der Waals surface area (Å²) in [5.41, 5.74) is 0.564. The summed E-state index contributed by atoms with van der Waals surface area (Å²) < 4.78 is 26.7. The van der Waals surface area contributed by atoms with Crippen LogP contribution in [0.3, 0.4) is 0 Å². The van der Waals surface area contributed by atoms with Gasteiger partial charge in [-0.15, -0.1) is 0 Å². The highest BCUT2D eigenvalue weighted by molar-refractivity contribution is 6.06. The lowest BCUT2D eigenvalue weighted by molar-refractivity contribution is 0.0761. The van der Waals surface area contributed by atoms with Gasteiger partial charge in [0, 0.05) is 30.3 Å². The third kappa shape index (κ3) is 4.25. The molecule has 4 nitrogen and oxygen atoms in total. The molecule has 2 aromatic rings. The van der Waals surface area contributed by atoms with Crippen LogP contribution >= 0.6 is 0 Å². The lowest BCUT2D eigenvalue weighted by Gasteiger charge is -2.20. The van der Waals surface area contributed by atoms with Crippen molar-refractivity contribution < 1.29 is 18.4 Å². The molecule has 2 aromatic carbocycles. The van der Waals surface area contributed by atoms with Crippen LogP contribution in [0.15, 0.2) is 42.5 Å². The van der Waals surface area contributed by atoms with Crippen molar-refractivity contribution in [1.29, 1.82) is 0 Å². The van der Waals surface area contributed by atoms with Crippen LogP contribution < -0.4 is 5.32 Å². The van der Waals surface area contributed by atoms with Gasteiger partial charge in [0.2, 0.25) is 0 Å². The molecule has 1 saturated heterocycles. The van der Waals surface area contributed by atoms with E-state index in [1.54, 1.807) is 18.2 Å². The lowest BCUT2D eigenvalue weighted by Crippen LogP contribution is -2.32. The Balaban J connectivity index is 1.75. The van der Waals surface area contributed by atoms with Gasteiger partial charge in [0.25, 0.3) is 11.8 Å². The average molecular weight is 358 g/mol. The second kappa shape index (κ2) is 8.08. The molecule has 3 rings (SSSR count). The van der Waals surface area contributed by atoms with Crippen LogP contribution in [0.2, 0.25) is 0 Å². The first-order valence-electron chi connectivity index (χ1n) is 8.70. The fourth-order valence-corrected chi connectivity index (χ4v) is 3.04. The predicted octanol–water partition coefficient (Wildman–Crippen LogP) is 4.23. The Hall–Kier alpha value is -2.76. The van der Waals surface area contributed by atoms with Crippen molar-refractivity contribution in [3.8, 4) is 0 Å². The van der Waals surface area contributed by atoms with E-state index in [9.17, 15) is 18.4 Å². The molecule has 0 spiro atoms. The van der Waals surface area contributed by atoms with Crippen LogP contribution in [0.1, 0.15) is 46.4 Å². The number of anilines is 1. The number of halogens is 2. The standard InChI is InChI=1S/C20H20F2N2O2/c21-16-8-9-18(17(22)13-16)23-19(25)14-6-5-7-15(12-14)20(26)24-10-3-1-2-4-11-24/h5-9,12-13H,1-4,10-11H2,(H,23,25). The number of nitrogens with one attached hydrogen (secondary N) is 1. The molecule has 1 aliphatic heterocycles. The van der Waals surface area contributed by atoms with E-state index in [1.807, 2.05) is 4.90 Å². The number of rotatable bonds is 3. The molecule has 0 atom stereocenters. The molecule has 136 valence electrons. The van der Waals surface area contributed by atoms with E-state index in [2.05, 4.69) is 5.32 Å². The van der Waals surface area contributed by atoms with Gasteiger partial charge in [0.1, 0.15) is 11.6 Å². The highest BCUT2D eigenvalue weighted by Crippen LogP contribution is 2.18. The van der Waals surface area contributed by atoms with Crippen LogP contribution in [0.25, 0.3) is 0 Å². The molecule has 0 saturated carbocycles. The molecule has 6 heteroatoms. The first kappa shape index (κ1) is 18.0. The number of nitrogens with zero attached hydrogens (tertiary/aromatic N) is 1. The highest BCUT2D eigenvalue weighted by Gasteiger charge is 2.19. The molecular formula is C20H20F2N2O2. The summed E-state index contributed by atoms with van der Waals surface area (Å²) in [6.45, 7) is 1.44. The van der Waals surface area contributed by atoms with Crippen LogP contribution in [0.5, 0.6) is 0 Å². The van der Waals surface area contributed by atoms with Gasteiger partial charge in [0.05, 0.1) is 5.69 Å². The average Bonchev–Trinajstić information content (AvgIpc) is 2.93. The minimum Gasteiger partial charge on any atom is -0.339 e. The number of likely N-dealkylation sites (tertiary alicyclic amines) is 1. The third-order valence-corrected chi connectivity index (χ3v) is 4.44. The zero-order valence-electron chi connectivity index (χ0n) is 14.3. The SMILES string of the molecule is O=C(Nc1ccc(F)cc1F)c1cccc(C(=O)N2CCCCCC2)c1. The molecular weight excluding hydrogens is 338 g/mol. The number of carbonyl (C=O) groups is 2. The third-order valence-electron chi connectivity index (χ3n) is 4.44. The van der Waals surface area contributed by atoms with Gasteiger partial charge in [-0.1, -0.05) is 18.9 Å². The Morgan fingerprint density at radius 2 is 1.58 bits per heavy atom. The van der Waals surface area contributed by atoms with Gasteiger partial charge in [-0.2, -0.15) is 0 Å². The topological polar surface area (TPSA) is 49.4 Å². The minimum absolute atomic E-state index is 0.102. The summed E-state index contributed by atoms with van der Waals surface area (Å²) >= 11 is 0. The Bertz CT molecular complexity index is 815. The molecule has 1 N–H and O–H groups in total. The monoisotopic (exact) mass is 358 g/mol. The molecule has 0 aliphatic carbocycles. The van der Waals surface area contributed by atoms with Crippen molar-refractivity contribution in [2.24, 2.45) is 0 Å². The maximum atomic E-state index is 13.7. The molecule has 0 aromatic heterocycles. The van der Waals surface area contributed by atoms with Crippen molar-refractivity contribution in [3.05, 3.63) is 65.2 Å². The van der Waals surface area contributed by atoms with Crippen molar-refractivity contribution in [2.75, 3.05) is 18.4 Å². The number of amides is 2. The van der Waals surface area contributed by atoms with Crippen molar-refractivity contribution >= 4 is 17.5 Å². The Kier molecular flexibility index (Phi) is 5.61. The first-order chi connectivity index (χ1) is 12.5. The van der Waals surface area contributed by atoms with Crippen LogP contribution in [0, 0.1) is 11.6 Å². The van der Waals surface area contributed by atoms with E-state index in [0.29, 0.717) is 11.6 Å². The maximum absolute atomic E-state index is 13.7. The van der Waals surface area contributed by atoms with E-state index < -0.39 is 17.5 Å². The van der Waals surface area contributed by atoms with Gasteiger partial charge in [-0.05, 0) is 43.2 Å². The molecule has 0 radical (unpaired) electrons. The summed E-state index contributed by atoms with van der Waals surface area (Å²) in [6.07, 6.45) is 4.20. The predicted molar refractivity (Wildman–Crippen MR) is 95.1 cm³/mol. The van der Waals surface area contributed by atoms with Crippen LogP contribution in [-0.2, 0) is 0 Å². The molecule has 1 heterocycles. The Morgan fingerprint density at radius 1 is 0.885 bits per heavy atom. The Labute approximate surface area is 150 Å². The van der Waals surface area contributed by atoms with Gasteiger partial charge in [0.15, 0.2) is 0 Å². The second-order valence-electron chi connectivity index (χ2n) is 6.37. The molecule has 2 amide bonds.